The Morgan fingerprint density at radius 1 is 1.26 bits per heavy atom. The van der Waals surface area contributed by atoms with Crippen molar-refractivity contribution in [3.8, 4) is 0 Å². The maximum Gasteiger partial charge on any atom is 0.183 e. The van der Waals surface area contributed by atoms with Crippen LogP contribution in [0.25, 0.3) is 0 Å². The monoisotopic (exact) mass is 310 g/mol. The lowest BCUT2D eigenvalue weighted by Crippen LogP contribution is -2.39. The zero-order valence-electron chi connectivity index (χ0n) is 11.4. The molecule has 1 aliphatic rings. The van der Waals surface area contributed by atoms with Crippen molar-refractivity contribution >= 4 is 26.1 Å². The van der Waals surface area contributed by atoms with Gasteiger partial charge in [-0.15, -0.1) is 0 Å². The summed E-state index contributed by atoms with van der Waals surface area (Å²) in [6.45, 7) is -0.292. The average molecular weight is 310 g/mol. The second kappa shape index (κ2) is 8.05. The summed E-state index contributed by atoms with van der Waals surface area (Å²) in [4.78, 5) is 9.73. The highest BCUT2D eigenvalue weighted by atomic mass is 32.5. The van der Waals surface area contributed by atoms with E-state index in [4.69, 9.17) is 43.1 Å². The van der Waals surface area contributed by atoms with Crippen molar-refractivity contribution in [3.63, 3.8) is 0 Å². The van der Waals surface area contributed by atoms with E-state index in [0.29, 0.717) is 13.2 Å². The summed E-state index contributed by atoms with van der Waals surface area (Å²) in [7, 11) is 8.99. The Balaban J connectivity index is 2.70. The number of hydrogen-bond donors (Lipinski definition) is 1. The lowest BCUT2D eigenvalue weighted by atomic mass is 9.93. The van der Waals surface area contributed by atoms with Crippen molar-refractivity contribution in [2.75, 3.05) is 40.7 Å². The number of methoxy groups -OCH3 is 2. The molecule has 0 aromatic carbocycles. The fraction of sp³-hybridized carbons (Fsp3) is 1.00. The molecule has 3 unspecified atom stereocenters. The van der Waals surface area contributed by atoms with Crippen LogP contribution in [0.3, 0.4) is 0 Å². The third-order valence-electron chi connectivity index (χ3n) is 2.59. The van der Waals surface area contributed by atoms with E-state index in [2.05, 4.69) is 0 Å². The van der Waals surface area contributed by atoms with Crippen molar-refractivity contribution in [2.24, 2.45) is 0 Å². The summed E-state index contributed by atoms with van der Waals surface area (Å²) < 4.78 is 26.6. The molecule has 9 heteroatoms. The Kier molecular flexibility index (Phi) is 7.42. The van der Waals surface area contributed by atoms with Gasteiger partial charge in [0.15, 0.2) is 6.49 Å². The molecule has 1 N–H and O–H groups in total. The molecule has 1 fully saturated rings. The normalized spacial score (nSPS) is 34.3. The largest absolute Gasteiger partial charge is 0.382 e. The molecule has 6 nitrogen and oxygen atoms in total. The zero-order valence-corrected chi connectivity index (χ0v) is 13.1. The number of rotatable bonds is 8. The van der Waals surface area contributed by atoms with Gasteiger partial charge < -0.3 is 28.4 Å². The van der Waals surface area contributed by atoms with Crippen LogP contribution in [0.15, 0.2) is 0 Å². The van der Waals surface area contributed by atoms with Crippen LogP contribution in [0.4, 0.5) is 0 Å². The van der Waals surface area contributed by atoms with Crippen LogP contribution >= 0.6 is 6.49 Å². The van der Waals surface area contributed by atoms with E-state index in [0.717, 1.165) is 0 Å². The topological polar surface area (TPSA) is 66.4 Å². The van der Waals surface area contributed by atoms with Crippen molar-refractivity contribution in [2.45, 2.75) is 24.3 Å². The maximum absolute atomic E-state index is 9.73. The van der Waals surface area contributed by atoms with E-state index in [1.165, 1.54) is 6.66 Å². The predicted molar refractivity (Wildman–Crippen MR) is 75.2 cm³/mol. The maximum atomic E-state index is 9.73. The molecule has 0 amide bonds. The SMILES string of the molecule is [B][C@@H]1O[C@H](COC)C(OP(C)(O)=S)C1OCCOC. The first kappa shape index (κ1) is 17.5. The molecule has 1 heterocycles. The quantitative estimate of drug-likeness (QED) is 0.381. The summed E-state index contributed by atoms with van der Waals surface area (Å²) in [6, 6.07) is -0.649. The Hall–Kier alpha value is 0.475. The van der Waals surface area contributed by atoms with Gasteiger partial charge in [0.05, 0.1) is 19.8 Å². The van der Waals surface area contributed by atoms with Crippen LogP contribution in [-0.4, -0.2) is 77.8 Å². The fourth-order valence-corrected chi connectivity index (χ4v) is 2.87. The zero-order chi connectivity index (χ0) is 14.5. The van der Waals surface area contributed by atoms with E-state index in [1.54, 1.807) is 14.2 Å². The highest BCUT2D eigenvalue weighted by molar-refractivity contribution is 8.09. The van der Waals surface area contributed by atoms with E-state index in [9.17, 15) is 4.89 Å². The van der Waals surface area contributed by atoms with E-state index in [-0.39, 0.29) is 6.61 Å². The smallest absolute Gasteiger partial charge is 0.183 e. The molecule has 0 saturated carbocycles. The van der Waals surface area contributed by atoms with Gasteiger partial charge in [-0.2, -0.15) is 0 Å². The van der Waals surface area contributed by atoms with Gasteiger partial charge in [-0.3, -0.25) is 0 Å². The van der Waals surface area contributed by atoms with Gasteiger partial charge in [0.25, 0.3) is 0 Å². The molecule has 5 atom stereocenters. The molecule has 110 valence electrons. The van der Waals surface area contributed by atoms with Crippen LogP contribution in [0.5, 0.6) is 0 Å². The summed E-state index contributed by atoms with van der Waals surface area (Å²) in [5, 5.41) is 0. The highest BCUT2D eigenvalue weighted by Crippen LogP contribution is 2.43. The van der Waals surface area contributed by atoms with Gasteiger partial charge in [0.2, 0.25) is 0 Å². The van der Waals surface area contributed by atoms with E-state index >= 15 is 0 Å². The highest BCUT2D eigenvalue weighted by Gasteiger charge is 2.45. The molecule has 1 aliphatic heterocycles. The predicted octanol–water partition coefficient (Wildman–Crippen LogP) is -0.125. The van der Waals surface area contributed by atoms with Gasteiger partial charge in [0, 0.05) is 26.9 Å². The molecule has 0 bridgehead atoms. The summed E-state index contributed by atoms with van der Waals surface area (Å²) in [5.74, 6) is 0. The minimum absolute atomic E-state index is 0.290. The number of ether oxygens (including phenoxy) is 4. The first-order valence-electron chi connectivity index (χ1n) is 5.88. The molecule has 0 spiro atoms. The molecule has 19 heavy (non-hydrogen) atoms. The minimum atomic E-state index is -2.85. The van der Waals surface area contributed by atoms with Crippen molar-refractivity contribution in [1.29, 1.82) is 0 Å². The molecule has 0 aromatic rings. The Morgan fingerprint density at radius 2 is 1.95 bits per heavy atom. The molecule has 2 radical (unpaired) electrons. The molecular formula is C10H20BO6PS. The molecule has 1 rings (SSSR count). The van der Waals surface area contributed by atoms with Gasteiger partial charge in [0.1, 0.15) is 26.2 Å². The van der Waals surface area contributed by atoms with Crippen LogP contribution in [0, 0.1) is 0 Å². The van der Waals surface area contributed by atoms with Gasteiger partial charge >= 0.3 is 0 Å². The number of hydrogen-bond acceptors (Lipinski definition) is 6. The summed E-state index contributed by atoms with van der Waals surface area (Å²) in [5.41, 5.74) is 0. The second-order valence-electron chi connectivity index (χ2n) is 4.30. The van der Waals surface area contributed by atoms with Crippen molar-refractivity contribution in [1.82, 2.24) is 0 Å². The van der Waals surface area contributed by atoms with E-state index in [1.807, 2.05) is 0 Å². The third-order valence-corrected chi connectivity index (χ3v) is 3.48. The Bertz CT molecular complexity index is 314. The van der Waals surface area contributed by atoms with Gasteiger partial charge in [-0.1, -0.05) is 0 Å². The van der Waals surface area contributed by atoms with Crippen molar-refractivity contribution < 1.29 is 28.4 Å². The minimum Gasteiger partial charge on any atom is -0.382 e. The van der Waals surface area contributed by atoms with Crippen LogP contribution < -0.4 is 0 Å². The average Bonchev–Trinajstić information content (AvgIpc) is 2.56. The first-order valence-corrected chi connectivity index (χ1v) is 9.00. The lowest BCUT2D eigenvalue weighted by molar-refractivity contribution is -0.0329. The van der Waals surface area contributed by atoms with Gasteiger partial charge in [-0.05, 0) is 11.8 Å². The molecule has 1 saturated heterocycles. The van der Waals surface area contributed by atoms with Crippen molar-refractivity contribution in [3.05, 3.63) is 0 Å². The van der Waals surface area contributed by atoms with Crippen LogP contribution in [0.1, 0.15) is 0 Å². The summed E-state index contributed by atoms with van der Waals surface area (Å²) >= 11 is 4.91. The van der Waals surface area contributed by atoms with E-state index < -0.39 is 30.8 Å². The van der Waals surface area contributed by atoms with Gasteiger partial charge in [-0.25, -0.2) is 0 Å². The Morgan fingerprint density at radius 3 is 2.47 bits per heavy atom. The lowest BCUT2D eigenvalue weighted by Gasteiger charge is -2.26. The first-order chi connectivity index (χ1) is 8.89. The molecular weight excluding hydrogens is 290 g/mol. The fourth-order valence-electron chi connectivity index (χ4n) is 1.86. The second-order valence-corrected chi connectivity index (χ2v) is 8.15. The molecule has 0 aromatic heterocycles. The molecule has 0 aliphatic carbocycles. The Labute approximate surface area is 120 Å². The van der Waals surface area contributed by atoms with Crippen LogP contribution in [0.2, 0.25) is 0 Å². The standard InChI is InChI=1S/C10H20BO6PS/c1-13-4-5-15-9-8(17-18(3,12)19)7(6-14-2)16-10(9)11/h7-10H,4-6H2,1-3H3,(H,12,19)/t7-,8?,9?,10-,18?/m1/s1. The third kappa shape index (κ3) is 5.77. The summed E-state index contributed by atoms with van der Waals surface area (Å²) in [6.07, 6.45) is -1.47. The van der Waals surface area contributed by atoms with Crippen LogP contribution in [-0.2, 0) is 35.3 Å².